The van der Waals surface area contributed by atoms with Crippen LogP contribution in [0.15, 0.2) is 36.5 Å². The van der Waals surface area contributed by atoms with Gasteiger partial charge in [0.2, 0.25) is 0 Å². The average molecular weight is 299 g/mol. The van der Waals surface area contributed by atoms with E-state index in [1.54, 1.807) is 37.4 Å². The van der Waals surface area contributed by atoms with E-state index in [-0.39, 0.29) is 0 Å². The molecular formula is C16H17N3O3. The molecule has 22 heavy (non-hydrogen) atoms. The van der Waals surface area contributed by atoms with Crippen molar-refractivity contribution in [3.63, 3.8) is 0 Å². The maximum absolute atomic E-state index is 12.0. The molecule has 0 bridgehead atoms. The number of aryl methyl sites for hydroxylation is 2. The molecule has 0 saturated heterocycles. The average Bonchev–Trinajstić information content (AvgIpc) is 2.49. The fourth-order valence-corrected chi connectivity index (χ4v) is 1.88. The lowest BCUT2D eigenvalue weighted by Gasteiger charge is -2.11. The van der Waals surface area contributed by atoms with Crippen LogP contribution in [0.4, 0.5) is 11.5 Å². The Balaban J connectivity index is 2.11. The first-order valence-corrected chi connectivity index (χ1v) is 6.70. The quantitative estimate of drug-likeness (QED) is 0.852. The number of aromatic nitrogens is 1. The lowest BCUT2D eigenvalue weighted by atomic mass is 10.2. The minimum atomic E-state index is -0.787. The Morgan fingerprint density at radius 2 is 1.82 bits per heavy atom. The first-order valence-electron chi connectivity index (χ1n) is 6.70. The van der Waals surface area contributed by atoms with Gasteiger partial charge in [0, 0.05) is 6.20 Å². The fraction of sp³-hybridized carbons (Fsp3) is 0.188. The second-order valence-corrected chi connectivity index (χ2v) is 4.78. The van der Waals surface area contributed by atoms with E-state index in [1.807, 2.05) is 13.0 Å². The van der Waals surface area contributed by atoms with Crippen molar-refractivity contribution in [3.05, 3.63) is 47.7 Å². The smallest absolute Gasteiger partial charge is 0.315 e. The molecule has 6 nitrogen and oxygen atoms in total. The highest BCUT2D eigenvalue weighted by Crippen LogP contribution is 2.25. The molecule has 0 saturated carbocycles. The molecule has 0 radical (unpaired) electrons. The van der Waals surface area contributed by atoms with Crippen molar-refractivity contribution in [2.75, 3.05) is 17.7 Å². The second-order valence-electron chi connectivity index (χ2n) is 4.78. The maximum atomic E-state index is 12.0. The summed E-state index contributed by atoms with van der Waals surface area (Å²) in [6, 6.07) is 8.86. The third kappa shape index (κ3) is 3.60. The molecule has 2 aromatic rings. The highest BCUT2D eigenvalue weighted by Gasteiger charge is 2.17. The highest BCUT2D eigenvalue weighted by molar-refractivity contribution is 6.43. The van der Waals surface area contributed by atoms with E-state index in [1.165, 1.54) is 7.11 Å². The molecule has 0 spiro atoms. The number of methoxy groups -OCH3 is 1. The van der Waals surface area contributed by atoms with Gasteiger partial charge in [-0.15, -0.1) is 0 Å². The third-order valence-electron chi connectivity index (χ3n) is 3.05. The molecule has 1 heterocycles. The summed E-state index contributed by atoms with van der Waals surface area (Å²) in [6.45, 7) is 3.68. The molecule has 0 aliphatic carbocycles. The number of pyridine rings is 1. The summed E-state index contributed by atoms with van der Waals surface area (Å²) in [4.78, 5) is 28.0. The van der Waals surface area contributed by atoms with Gasteiger partial charge in [0.25, 0.3) is 0 Å². The van der Waals surface area contributed by atoms with Gasteiger partial charge in [-0.3, -0.25) is 9.59 Å². The Bertz CT molecular complexity index is 714. The topological polar surface area (TPSA) is 80.3 Å². The molecule has 0 aliphatic heterocycles. The zero-order chi connectivity index (χ0) is 16.1. The summed E-state index contributed by atoms with van der Waals surface area (Å²) >= 11 is 0. The largest absolute Gasteiger partial charge is 0.495 e. The van der Waals surface area contributed by atoms with Gasteiger partial charge in [-0.2, -0.15) is 0 Å². The van der Waals surface area contributed by atoms with Crippen LogP contribution < -0.4 is 15.4 Å². The van der Waals surface area contributed by atoms with Crippen LogP contribution in [0.1, 0.15) is 11.1 Å². The van der Waals surface area contributed by atoms with Gasteiger partial charge in [-0.25, -0.2) is 4.98 Å². The van der Waals surface area contributed by atoms with Crippen LogP contribution in [-0.2, 0) is 9.59 Å². The zero-order valence-corrected chi connectivity index (χ0v) is 12.6. The number of rotatable bonds is 3. The number of amides is 2. The molecular weight excluding hydrogens is 282 g/mol. The van der Waals surface area contributed by atoms with Crippen molar-refractivity contribution >= 4 is 23.3 Å². The number of carbonyl (C=O) groups is 2. The number of ether oxygens (including phenoxy) is 1. The van der Waals surface area contributed by atoms with Crippen LogP contribution in [0, 0.1) is 13.8 Å². The number of nitrogens with zero attached hydrogens (tertiary/aromatic N) is 1. The Morgan fingerprint density at radius 3 is 2.50 bits per heavy atom. The van der Waals surface area contributed by atoms with Gasteiger partial charge >= 0.3 is 11.8 Å². The minimum absolute atomic E-state index is 0.360. The summed E-state index contributed by atoms with van der Waals surface area (Å²) in [6.07, 6.45) is 1.55. The van der Waals surface area contributed by atoms with E-state index in [0.29, 0.717) is 17.3 Å². The third-order valence-corrected chi connectivity index (χ3v) is 3.05. The van der Waals surface area contributed by atoms with Crippen molar-refractivity contribution in [1.82, 2.24) is 4.98 Å². The molecule has 2 N–H and O–H groups in total. The number of benzene rings is 1. The molecule has 2 rings (SSSR count). The molecule has 0 unspecified atom stereocenters. The predicted octanol–water partition coefficient (Wildman–Crippen LogP) is 2.28. The summed E-state index contributed by atoms with van der Waals surface area (Å²) in [7, 11) is 1.50. The van der Waals surface area contributed by atoms with Crippen molar-refractivity contribution in [1.29, 1.82) is 0 Å². The highest BCUT2D eigenvalue weighted by atomic mass is 16.5. The molecule has 0 aliphatic rings. The van der Waals surface area contributed by atoms with E-state index in [4.69, 9.17) is 4.74 Å². The molecule has 6 heteroatoms. The van der Waals surface area contributed by atoms with Crippen molar-refractivity contribution in [2.45, 2.75) is 13.8 Å². The SMILES string of the molecule is COc1ccc(C)cc1NC(=O)C(=O)Nc1ncccc1C. The minimum Gasteiger partial charge on any atom is -0.495 e. The van der Waals surface area contributed by atoms with Gasteiger partial charge in [0.15, 0.2) is 0 Å². The van der Waals surface area contributed by atoms with Gasteiger partial charge in [-0.05, 0) is 43.2 Å². The van der Waals surface area contributed by atoms with Gasteiger partial charge < -0.3 is 15.4 Å². The molecule has 0 atom stereocenters. The first-order chi connectivity index (χ1) is 10.5. The zero-order valence-electron chi connectivity index (χ0n) is 12.6. The van der Waals surface area contributed by atoms with E-state index in [0.717, 1.165) is 11.1 Å². The summed E-state index contributed by atoms with van der Waals surface area (Å²) < 4.78 is 5.16. The Hall–Kier alpha value is -2.89. The summed E-state index contributed by atoms with van der Waals surface area (Å²) in [5.41, 5.74) is 2.16. The molecule has 1 aromatic heterocycles. The normalized spacial score (nSPS) is 9.95. The van der Waals surface area contributed by atoms with Gasteiger partial charge in [0.05, 0.1) is 12.8 Å². The molecule has 2 amide bonds. The van der Waals surface area contributed by atoms with Crippen LogP contribution in [0.25, 0.3) is 0 Å². The van der Waals surface area contributed by atoms with Crippen LogP contribution in [0.5, 0.6) is 5.75 Å². The van der Waals surface area contributed by atoms with Crippen molar-refractivity contribution < 1.29 is 14.3 Å². The molecule has 114 valence electrons. The van der Waals surface area contributed by atoms with Crippen molar-refractivity contribution in [2.24, 2.45) is 0 Å². The lowest BCUT2D eigenvalue weighted by molar-refractivity contribution is -0.133. The van der Waals surface area contributed by atoms with Crippen LogP contribution >= 0.6 is 0 Å². The monoisotopic (exact) mass is 299 g/mol. The maximum Gasteiger partial charge on any atom is 0.315 e. The number of carbonyl (C=O) groups excluding carboxylic acids is 2. The first kappa shape index (κ1) is 15.5. The van der Waals surface area contributed by atoms with Crippen molar-refractivity contribution in [3.8, 4) is 5.75 Å². The van der Waals surface area contributed by atoms with Crippen LogP contribution in [0.3, 0.4) is 0 Å². The number of hydrogen-bond donors (Lipinski definition) is 2. The van der Waals surface area contributed by atoms with Crippen LogP contribution in [-0.4, -0.2) is 23.9 Å². The number of nitrogens with one attached hydrogen (secondary N) is 2. The Morgan fingerprint density at radius 1 is 1.09 bits per heavy atom. The van der Waals surface area contributed by atoms with E-state index in [2.05, 4.69) is 15.6 Å². The van der Waals surface area contributed by atoms with Gasteiger partial charge in [-0.1, -0.05) is 12.1 Å². The number of anilines is 2. The second kappa shape index (κ2) is 6.71. The predicted molar refractivity (Wildman–Crippen MR) is 84.0 cm³/mol. The number of hydrogen-bond acceptors (Lipinski definition) is 4. The Labute approximate surface area is 128 Å². The fourth-order valence-electron chi connectivity index (χ4n) is 1.88. The molecule has 1 aromatic carbocycles. The molecule has 0 fully saturated rings. The lowest BCUT2D eigenvalue weighted by Crippen LogP contribution is -2.29. The summed E-state index contributed by atoms with van der Waals surface area (Å²) in [5.74, 6) is -0.723. The summed E-state index contributed by atoms with van der Waals surface area (Å²) in [5, 5.41) is 5.02. The van der Waals surface area contributed by atoms with E-state index < -0.39 is 11.8 Å². The standard InChI is InChI=1S/C16H17N3O3/c1-10-6-7-13(22-3)12(9-10)18-15(20)16(21)19-14-11(2)5-4-8-17-14/h4-9H,1-3H3,(H,18,20)(H,17,19,21). The van der Waals surface area contributed by atoms with E-state index in [9.17, 15) is 9.59 Å². The Kier molecular flexibility index (Phi) is 4.73. The van der Waals surface area contributed by atoms with Gasteiger partial charge in [0.1, 0.15) is 11.6 Å². The van der Waals surface area contributed by atoms with E-state index >= 15 is 0 Å². The van der Waals surface area contributed by atoms with Crippen LogP contribution in [0.2, 0.25) is 0 Å².